The molecule has 40 heavy (non-hydrogen) atoms. The van der Waals surface area contributed by atoms with Gasteiger partial charge in [0.2, 0.25) is 0 Å². The lowest BCUT2D eigenvalue weighted by Gasteiger charge is -2.09. The Labute approximate surface area is 248 Å². The second kappa shape index (κ2) is 13.6. The van der Waals surface area contributed by atoms with Gasteiger partial charge in [0.15, 0.2) is 5.75 Å². The van der Waals surface area contributed by atoms with Crippen LogP contribution in [0.2, 0.25) is 0 Å². The molecule has 9 heteroatoms. The van der Waals surface area contributed by atoms with E-state index < -0.39 is 11.9 Å². The van der Waals surface area contributed by atoms with Gasteiger partial charge >= 0.3 is 5.97 Å². The number of carbonyl (C=O) groups excluding carboxylic acids is 3. The van der Waals surface area contributed by atoms with Crippen molar-refractivity contribution < 1.29 is 19.1 Å². The molecule has 0 atom stereocenters. The van der Waals surface area contributed by atoms with E-state index in [2.05, 4.69) is 47.7 Å². The molecule has 4 aromatic carbocycles. The molecular weight excluding hydrogens is 638 g/mol. The number of halogens is 2. The lowest BCUT2D eigenvalue weighted by Crippen LogP contribution is -2.18. The van der Waals surface area contributed by atoms with Gasteiger partial charge in [0.05, 0.1) is 10.7 Å². The number of rotatable bonds is 8. The van der Waals surface area contributed by atoms with E-state index in [9.17, 15) is 14.4 Å². The van der Waals surface area contributed by atoms with Crippen LogP contribution < -0.4 is 15.5 Å². The van der Waals surface area contributed by atoms with Gasteiger partial charge in [-0.2, -0.15) is 5.10 Å². The fourth-order valence-corrected chi connectivity index (χ4v) is 4.94. The molecule has 0 radical (unpaired) electrons. The van der Waals surface area contributed by atoms with Gasteiger partial charge in [-0.25, -0.2) is 10.2 Å². The Morgan fingerprint density at radius 3 is 2.30 bits per heavy atom. The maximum atomic E-state index is 12.8. The highest BCUT2D eigenvalue weighted by molar-refractivity contribution is 9.11. The number of ether oxygens (including phenoxy) is 1. The van der Waals surface area contributed by atoms with E-state index in [-0.39, 0.29) is 11.7 Å². The highest BCUT2D eigenvalue weighted by atomic mass is 79.9. The molecule has 0 aliphatic rings. The maximum absolute atomic E-state index is 12.8. The fourth-order valence-electron chi connectivity index (χ4n) is 3.60. The topological polar surface area (TPSA) is 96.9 Å². The zero-order chi connectivity index (χ0) is 28.5. The summed E-state index contributed by atoms with van der Waals surface area (Å²) in [5.41, 5.74) is 6.03. The van der Waals surface area contributed by atoms with Crippen molar-refractivity contribution in [3.8, 4) is 5.75 Å². The Morgan fingerprint density at radius 1 is 0.825 bits per heavy atom. The normalized spacial score (nSPS) is 11.0. The number of hydrogen-bond acceptors (Lipinski definition) is 5. The van der Waals surface area contributed by atoms with E-state index in [1.54, 1.807) is 54.6 Å². The molecule has 0 heterocycles. The second-order valence-electron chi connectivity index (χ2n) is 8.57. The maximum Gasteiger partial charge on any atom is 0.336 e. The highest BCUT2D eigenvalue weighted by Gasteiger charge is 2.13. The van der Waals surface area contributed by atoms with E-state index in [0.29, 0.717) is 31.3 Å². The van der Waals surface area contributed by atoms with Crippen molar-refractivity contribution in [3.05, 3.63) is 134 Å². The number of hydrazone groups is 1. The smallest absolute Gasteiger partial charge is 0.336 e. The number of nitrogens with zero attached hydrogens (tertiary/aromatic N) is 1. The van der Waals surface area contributed by atoms with Gasteiger partial charge in [-0.05, 0) is 77.0 Å². The van der Waals surface area contributed by atoms with Crippen molar-refractivity contribution in [2.45, 2.75) is 6.92 Å². The summed E-state index contributed by atoms with van der Waals surface area (Å²) in [6.07, 6.45) is 4.36. The molecule has 0 spiro atoms. The third-order valence-corrected chi connectivity index (χ3v) is 6.53. The van der Waals surface area contributed by atoms with Crippen molar-refractivity contribution in [2.24, 2.45) is 5.10 Å². The van der Waals surface area contributed by atoms with Gasteiger partial charge < -0.3 is 10.1 Å². The summed E-state index contributed by atoms with van der Waals surface area (Å²) in [4.78, 5) is 37.8. The molecule has 2 amide bonds. The minimum atomic E-state index is -0.574. The Morgan fingerprint density at radius 2 is 1.55 bits per heavy atom. The molecule has 4 rings (SSSR count). The SMILES string of the molecule is Cc1cccc(C(=O)Nc2cccc(C(=O)NN=Cc3cc(Br)cc(Br)c3OC(=O)/C=C/c3ccccc3)c2)c1. The molecule has 200 valence electrons. The van der Waals surface area contributed by atoms with Crippen molar-refractivity contribution in [1.82, 2.24) is 5.43 Å². The van der Waals surface area contributed by atoms with Crippen molar-refractivity contribution >= 4 is 67.6 Å². The van der Waals surface area contributed by atoms with Crippen molar-refractivity contribution in [3.63, 3.8) is 0 Å². The zero-order valence-electron chi connectivity index (χ0n) is 21.2. The first-order valence-corrected chi connectivity index (χ1v) is 13.6. The number of benzene rings is 4. The highest BCUT2D eigenvalue weighted by Crippen LogP contribution is 2.32. The first kappa shape index (κ1) is 28.7. The van der Waals surface area contributed by atoms with Gasteiger partial charge in [-0.3, -0.25) is 9.59 Å². The summed E-state index contributed by atoms with van der Waals surface area (Å²) < 4.78 is 6.79. The van der Waals surface area contributed by atoms with Gasteiger partial charge in [0, 0.05) is 32.9 Å². The third kappa shape index (κ3) is 8.08. The zero-order valence-corrected chi connectivity index (χ0v) is 24.4. The van der Waals surface area contributed by atoms with Gasteiger partial charge in [-0.1, -0.05) is 70.0 Å². The number of carbonyl (C=O) groups is 3. The molecule has 0 saturated carbocycles. The summed E-state index contributed by atoms with van der Waals surface area (Å²) in [7, 11) is 0. The number of nitrogens with one attached hydrogen (secondary N) is 2. The van der Waals surface area contributed by atoms with Crippen molar-refractivity contribution in [2.75, 3.05) is 5.32 Å². The number of anilines is 1. The van der Waals surface area contributed by atoms with Crippen LogP contribution in [-0.2, 0) is 4.79 Å². The molecule has 0 aromatic heterocycles. The molecule has 0 aliphatic carbocycles. The van der Waals surface area contributed by atoms with Gasteiger partial charge in [0.1, 0.15) is 0 Å². The van der Waals surface area contributed by atoms with E-state index in [1.165, 1.54) is 12.3 Å². The third-order valence-electron chi connectivity index (χ3n) is 5.48. The van der Waals surface area contributed by atoms with Crippen LogP contribution in [-0.4, -0.2) is 24.0 Å². The predicted octanol–water partition coefficient (Wildman–Crippen LogP) is 7.16. The van der Waals surface area contributed by atoms with Crippen LogP contribution in [0.4, 0.5) is 5.69 Å². The second-order valence-corrected chi connectivity index (χ2v) is 10.3. The van der Waals surface area contributed by atoms with Crippen LogP contribution >= 0.6 is 31.9 Å². The summed E-state index contributed by atoms with van der Waals surface area (Å²) in [6, 6.07) is 26.5. The monoisotopic (exact) mass is 659 g/mol. The molecule has 0 aliphatic heterocycles. The van der Waals surface area contributed by atoms with Crippen LogP contribution in [0.1, 0.15) is 37.4 Å². The first-order valence-electron chi connectivity index (χ1n) is 12.0. The summed E-state index contributed by atoms with van der Waals surface area (Å²) in [5, 5.41) is 6.85. The Bertz CT molecular complexity index is 1620. The molecule has 2 N–H and O–H groups in total. The Kier molecular flexibility index (Phi) is 9.77. The predicted molar refractivity (Wildman–Crippen MR) is 164 cm³/mol. The van der Waals surface area contributed by atoms with Crippen LogP contribution in [0.5, 0.6) is 5.75 Å². The lowest BCUT2D eigenvalue weighted by atomic mass is 10.1. The van der Waals surface area contributed by atoms with Gasteiger partial charge in [-0.15, -0.1) is 0 Å². The van der Waals surface area contributed by atoms with Crippen molar-refractivity contribution in [1.29, 1.82) is 0 Å². The fraction of sp³-hybridized carbons (Fsp3) is 0.0323. The van der Waals surface area contributed by atoms with E-state index in [0.717, 1.165) is 11.1 Å². The Hall–Kier alpha value is -4.34. The number of aryl methyl sites for hydroxylation is 1. The van der Waals surface area contributed by atoms with E-state index in [1.807, 2.05) is 49.4 Å². The number of esters is 1. The van der Waals surface area contributed by atoms with Gasteiger partial charge in [0.25, 0.3) is 11.8 Å². The van der Waals surface area contributed by atoms with E-state index >= 15 is 0 Å². The lowest BCUT2D eigenvalue weighted by molar-refractivity contribution is -0.128. The molecule has 4 aromatic rings. The number of hydrogen-bond donors (Lipinski definition) is 2. The average molecular weight is 661 g/mol. The molecule has 0 unspecified atom stereocenters. The van der Waals surface area contributed by atoms with Crippen LogP contribution in [0.15, 0.2) is 111 Å². The summed E-state index contributed by atoms with van der Waals surface area (Å²) in [6.45, 7) is 1.91. The Balaban J connectivity index is 1.43. The molecule has 0 fully saturated rings. The molecule has 0 saturated heterocycles. The van der Waals surface area contributed by atoms with Crippen LogP contribution in [0.3, 0.4) is 0 Å². The summed E-state index contributed by atoms with van der Waals surface area (Å²) >= 11 is 6.83. The summed E-state index contributed by atoms with van der Waals surface area (Å²) in [5.74, 6) is -1.10. The molecular formula is C31H23Br2N3O4. The van der Waals surface area contributed by atoms with E-state index in [4.69, 9.17) is 4.74 Å². The largest absolute Gasteiger partial charge is 0.421 e. The minimum Gasteiger partial charge on any atom is -0.421 e. The minimum absolute atomic E-state index is 0.241. The standard InChI is InChI=1S/C31H23Br2N3O4/c1-20-7-5-10-22(15-20)30(38)35-26-12-6-11-23(17-26)31(39)36-34-19-24-16-25(32)18-27(33)29(24)40-28(37)14-13-21-8-3-2-4-9-21/h2-19H,1H3,(H,35,38)(H,36,39)/b14-13+,34-19?. The molecule has 0 bridgehead atoms. The molecule has 7 nitrogen and oxygen atoms in total. The quantitative estimate of drug-likeness (QED) is 0.0689. The van der Waals surface area contributed by atoms with Crippen LogP contribution in [0, 0.1) is 6.92 Å². The number of amides is 2. The average Bonchev–Trinajstić information content (AvgIpc) is 2.94. The van der Waals surface area contributed by atoms with Crippen LogP contribution in [0.25, 0.3) is 6.08 Å². The first-order chi connectivity index (χ1) is 19.3.